The van der Waals surface area contributed by atoms with Gasteiger partial charge in [-0.3, -0.25) is 9.20 Å². The van der Waals surface area contributed by atoms with Crippen molar-refractivity contribution >= 4 is 34.2 Å². The summed E-state index contributed by atoms with van der Waals surface area (Å²) in [5.74, 6) is 1.95. The highest BCUT2D eigenvalue weighted by Crippen LogP contribution is 2.29. The fourth-order valence-corrected chi connectivity index (χ4v) is 5.11. The normalized spacial score (nSPS) is 15.1. The van der Waals surface area contributed by atoms with E-state index in [9.17, 15) is 4.79 Å². The highest BCUT2D eigenvalue weighted by atomic mass is 32.2. The number of thioether (sulfide) groups is 1. The summed E-state index contributed by atoms with van der Waals surface area (Å²) in [4.78, 5) is 14.6. The van der Waals surface area contributed by atoms with E-state index in [1.165, 1.54) is 43.9 Å². The van der Waals surface area contributed by atoms with Crippen LogP contribution in [0.4, 0.5) is 0 Å². The van der Waals surface area contributed by atoms with E-state index >= 15 is 0 Å². The average Bonchev–Trinajstić information content (AvgIpc) is 3.15. The summed E-state index contributed by atoms with van der Waals surface area (Å²) in [7, 11) is 3.58. The second-order valence-electron chi connectivity index (χ2n) is 7.95. The van der Waals surface area contributed by atoms with Gasteiger partial charge in [-0.1, -0.05) is 31.0 Å². The van der Waals surface area contributed by atoms with Gasteiger partial charge in [0.2, 0.25) is 5.91 Å². The highest BCUT2D eigenvalue weighted by molar-refractivity contribution is 7.99. The van der Waals surface area contributed by atoms with Crippen molar-refractivity contribution in [3.05, 3.63) is 29.8 Å². The van der Waals surface area contributed by atoms with Gasteiger partial charge in [-0.2, -0.15) is 0 Å². The predicted octanol–water partition coefficient (Wildman–Crippen LogP) is 4.33. The van der Waals surface area contributed by atoms with Gasteiger partial charge in [0.15, 0.2) is 10.8 Å². The van der Waals surface area contributed by atoms with Gasteiger partial charge in [0.05, 0.1) is 18.4 Å². The number of amides is 1. The molecule has 0 aliphatic heterocycles. The van der Waals surface area contributed by atoms with Crippen LogP contribution in [0.3, 0.4) is 0 Å². The van der Waals surface area contributed by atoms with Crippen molar-refractivity contribution in [1.82, 2.24) is 19.5 Å². The Bertz CT molecular complexity index is 1030. The molecule has 0 radical (unpaired) electrons. The number of aryl methyl sites for hydroxylation is 1. The lowest BCUT2D eigenvalue weighted by atomic mass is 9.89. The quantitative estimate of drug-likeness (QED) is 0.564. The topological polar surface area (TPSA) is 59.7 Å². The summed E-state index contributed by atoms with van der Waals surface area (Å²) in [6, 6.07) is 8.05. The molecule has 6 nitrogen and oxygen atoms in total. The molecule has 0 unspecified atom stereocenters. The van der Waals surface area contributed by atoms with E-state index in [1.54, 1.807) is 7.11 Å². The fourth-order valence-electron chi connectivity index (χ4n) is 4.22. The third-order valence-corrected chi connectivity index (χ3v) is 6.80. The molecule has 4 rings (SSSR count). The summed E-state index contributed by atoms with van der Waals surface area (Å²) in [5.41, 5.74) is 2.92. The van der Waals surface area contributed by atoms with Crippen molar-refractivity contribution in [3.63, 3.8) is 0 Å². The molecule has 2 aromatic heterocycles. The van der Waals surface area contributed by atoms with E-state index in [0.717, 1.165) is 39.6 Å². The van der Waals surface area contributed by atoms with E-state index in [-0.39, 0.29) is 5.91 Å². The predicted molar refractivity (Wildman–Crippen MR) is 117 cm³/mol. The van der Waals surface area contributed by atoms with E-state index in [1.807, 2.05) is 34.5 Å². The van der Waals surface area contributed by atoms with Crippen LogP contribution in [0.15, 0.2) is 29.4 Å². The van der Waals surface area contributed by atoms with Crippen LogP contribution in [0, 0.1) is 12.8 Å². The van der Waals surface area contributed by atoms with Gasteiger partial charge < -0.3 is 9.64 Å². The number of aromatic nitrogens is 3. The number of carbonyl (C=O) groups is 1. The molecule has 0 bridgehead atoms. The van der Waals surface area contributed by atoms with Crippen LogP contribution in [0.2, 0.25) is 0 Å². The second kappa shape index (κ2) is 8.61. The Labute approximate surface area is 175 Å². The highest BCUT2D eigenvalue weighted by Gasteiger charge is 2.19. The SMILES string of the molecule is COc1ccc2c(C)cc3nnc(SCC(=O)N(C)CC4CCCCC4)n3c2c1. The van der Waals surface area contributed by atoms with Crippen molar-refractivity contribution < 1.29 is 9.53 Å². The molecule has 2 heterocycles. The lowest BCUT2D eigenvalue weighted by Gasteiger charge is -2.27. The van der Waals surface area contributed by atoms with Crippen LogP contribution in [0.5, 0.6) is 5.75 Å². The second-order valence-corrected chi connectivity index (χ2v) is 8.90. The molecular weight excluding hydrogens is 384 g/mol. The molecule has 1 fully saturated rings. The lowest BCUT2D eigenvalue weighted by molar-refractivity contribution is -0.127. The van der Waals surface area contributed by atoms with Crippen molar-refractivity contribution in [2.24, 2.45) is 5.92 Å². The molecule has 29 heavy (non-hydrogen) atoms. The number of hydrogen-bond donors (Lipinski definition) is 0. The first-order valence-electron chi connectivity index (χ1n) is 10.3. The minimum Gasteiger partial charge on any atom is -0.497 e. The standard InChI is InChI=1S/C22H28N4O2S/c1-15-11-20-23-24-22(26(20)19-12-17(28-3)9-10-18(15)19)29-14-21(27)25(2)13-16-7-5-4-6-8-16/h9-12,16H,4-8,13-14H2,1-3H3. The molecule has 1 aliphatic rings. The summed E-state index contributed by atoms with van der Waals surface area (Å²) < 4.78 is 7.43. The van der Waals surface area contributed by atoms with Crippen LogP contribution in [-0.2, 0) is 4.79 Å². The van der Waals surface area contributed by atoms with Crippen molar-refractivity contribution in [2.75, 3.05) is 26.5 Å². The first-order valence-corrected chi connectivity index (χ1v) is 11.2. The number of pyridine rings is 1. The number of methoxy groups -OCH3 is 1. The Morgan fingerprint density at radius 2 is 2.03 bits per heavy atom. The molecule has 0 N–H and O–H groups in total. The number of benzene rings is 1. The summed E-state index contributed by atoms with van der Waals surface area (Å²) in [6.07, 6.45) is 6.41. The largest absolute Gasteiger partial charge is 0.497 e. The molecule has 3 aromatic rings. The van der Waals surface area contributed by atoms with Crippen LogP contribution >= 0.6 is 11.8 Å². The zero-order chi connectivity index (χ0) is 20.4. The van der Waals surface area contributed by atoms with E-state index < -0.39 is 0 Å². The van der Waals surface area contributed by atoms with Gasteiger partial charge >= 0.3 is 0 Å². The molecular formula is C22H28N4O2S. The third-order valence-electron chi connectivity index (χ3n) is 5.88. The monoisotopic (exact) mass is 412 g/mol. The minimum atomic E-state index is 0.145. The van der Waals surface area contributed by atoms with E-state index in [4.69, 9.17) is 4.74 Å². The van der Waals surface area contributed by atoms with Gasteiger partial charge in [0.25, 0.3) is 0 Å². The zero-order valence-electron chi connectivity index (χ0n) is 17.4. The first-order chi connectivity index (χ1) is 14.1. The van der Waals surface area contributed by atoms with Crippen molar-refractivity contribution in [2.45, 2.75) is 44.2 Å². The minimum absolute atomic E-state index is 0.145. The number of rotatable bonds is 6. The lowest BCUT2D eigenvalue weighted by Crippen LogP contribution is -2.33. The molecule has 7 heteroatoms. The van der Waals surface area contributed by atoms with E-state index in [2.05, 4.69) is 23.2 Å². The Balaban J connectivity index is 1.53. The van der Waals surface area contributed by atoms with Gasteiger partial charge in [-0.15, -0.1) is 10.2 Å². The third kappa shape index (κ3) is 4.20. The number of ether oxygens (including phenoxy) is 1. The summed E-state index contributed by atoms with van der Waals surface area (Å²) in [5, 5.41) is 10.5. The fraction of sp³-hybridized carbons (Fsp3) is 0.500. The zero-order valence-corrected chi connectivity index (χ0v) is 18.2. The summed E-state index contributed by atoms with van der Waals surface area (Å²) in [6.45, 7) is 2.93. The van der Waals surface area contributed by atoms with Gasteiger partial charge in [-0.05, 0) is 49.4 Å². The van der Waals surface area contributed by atoms with E-state index in [0.29, 0.717) is 11.7 Å². The van der Waals surface area contributed by atoms with Crippen LogP contribution in [0.1, 0.15) is 37.7 Å². The molecule has 0 atom stereocenters. The number of carbonyl (C=O) groups excluding carboxylic acids is 1. The smallest absolute Gasteiger partial charge is 0.232 e. The number of fused-ring (bicyclic) bond motifs is 3. The number of hydrogen-bond acceptors (Lipinski definition) is 5. The van der Waals surface area contributed by atoms with Crippen LogP contribution < -0.4 is 4.74 Å². The Hall–Kier alpha value is -2.28. The first kappa shape index (κ1) is 20.0. The van der Waals surface area contributed by atoms with Crippen LogP contribution in [0.25, 0.3) is 16.6 Å². The van der Waals surface area contributed by atoms with Gasteiger partial charge in [-0.25, -0.2) is 0 Å². The Morgan fingerprint density at radius 3 is 2.79 bits per heavy atom. The van der Waals surface area contributed by atoms with Gasteiger partial charge in [0.1, 0.15) is 5.75 Å². The molecule has 1 amide bonds. The average molecular weight is 413 g/mol. The molecule has 0 spiro atoms. The maximum Gasteiger partial charge on any atom is 0.232 e. The molecule has 1 aliphatic carbocycles. The Kier molecular flexibility index (Phi) is 5.94. The molecule has 0 saturated heterocycles. The van der Waals surface area contributed by atoms with Crippen molar-refractivity contribution in [3.8, 4) is 5.75 Å². The molecule has 1 aromatic carbocycles. The molecule has 1 saturated carbocycles. The van der Waals surface area contributed by atoms with Gasteiger partial charge in [0, 0.05) is 25.0 Å². The van der Waals surface area contributed by atoms with Crippen LogP contribution in [-0.4, -0.2) is 51.9 Å². The maximum atomic E-state index is 12.7. The molecule has 154 valence electrons. The maximum absolute atomic E-state index is 12.7. The Morgan fingerprint density at radius 1 is 1.24 bits per heavy atom. The van der Waals surface area contributed by atoms with Crippen molar-refractivity contribution in [1.29, 1.82) is 0 Å². The summed E-state index contributed by atoms with van der Waals surface area (Å²) >= 11 is 1.45. The number of nitrogens with zero attached hydrogens (tertiary/aromatic N) is 4.